The predicted molar refractivity (Wildman–Crippen MR) is 74.5 cm³/mol. The molecule has 3 aromatic rings. The Labute approximate surface area is 115 Å². The van der Waals surface area contributed by atoms with E-state index in [4.69, 9.17) is 12.2 Å². The largest absolute Gasteiger partial charge is 0.328 e. The first kappa shape index (κ1) is 12.0. The first-order valence-electron chi connectivity index (χ1n) is 5.96. The number of hydrogen-bond donors (Lipinski definition) is 1. The second-order valence-electron chi connectivity index (χ2n) is 4.57. The fourth-order valence-corrected chi connectivity index (χ4v) is 2.44. The maximum Gasteiger partial charge on any atom is 0.179 e. The summed E-state index contributed by atoms with van der Waals surface area (Å²) in [6.07, 6.45) is 3.54. The van der Waals surface area contributed by atoms with Gasteiger partial charge in [0.2, 0.25) is 0 Å². The van der Waals surface area contributed by atoms with Crippen LogP contribution in [0.15, 0.2) is 12.4 Å². The van der Waals surface area contributed by atoms with Gasteiger partial charge >= 0.3 is 0 Å². The molecule has 0 unspecified atom stereocenters. The van der Waals surface area contributed by atoms with Crippen molar-refractivity contribution in [1.82, 2.24) is 29.3 Å². The minimum Gasteiger partial charge on any atom is -0.328 e. The molecule has 0 aliphatic heterocycles. The van der Waals surface area contributed by atoms with Gasteiger partial charge in [-0.25, -0.2) is 0 Å². The second-order valence-corrected chi connectivity index (χ2v) is 4.96. The lowest BCUT2D eigenvalue weighted by atomic mass is 10.4. The Kier molecular flexibility index (Phi) is 2.70. The van der Waals surface area contributed by atoms with E-state index in [-0.39, 0.29) is 0 Å². The highest BCUT2D eigenvalue weighted by atomic mass is 32.1. The Morgan fingerprint density at radius 3 is 2.74 bits per heavy atom. The van der Waals surface area contributed by atoms with Crippen LogP contribution in [0.3, 0.4) is 0 Å². The fourth-order valence-electron chi connectivity index (χ4n) is 2.18. The third kappa shape index (κ3) is 1.95. The van der Waals surface area contributed by atoms with Crippen molar-refractivity contribution >= 4 is 23.4 Å². The van der Waals surface area contributed by atoms with Crippen molar-refractivity contribution in [3.05, 3.63) is 34.2 Å². The van der Waals surface area contributed by atoms with E-state index in [2.05, 4.69) is 20.1 Å². The molecular formula is C12H14N6S. The molecule has 98 valence electrons. The molecule has 3 aromatic heterocycles. The Morgan fingerprint density at radius 2 is 2.05 bits per heavy atom. The number of H-pyrrole nitrogens is 1. The van der Waals surface area contributed by atoms with Gasteiger partial charge in [-0.1, -0.05) is 0 Å². The smallest absolute Gasteiger partial charge is 0.179 e. The van der Waals surface area contributed by atoms with Crippen LogP contribution in [0.4, 0.5) is 0 Å². The Bertz CT molecular complexity index is 792. The van der Waals surface area contributed by atoms with Gasteiger partial charge in [-0.2, -0.15) is 5.10 Å². The van der Waals surface area contributed by atoms with Crippen LogP contribution in [-0.4, -0.2) is 29.3 Å². The number of hydrogen-bond acceptors (Lipinski definition) is 4. The van der Waals surface area contributed by atoms with Crippen LogP contribution in [0.25, 0.3) is 11.2 Å². The molecule has 0 atom stereocenters. The molecule has 0 fully saturated rings. The van der Waals surface area contributed by atoms with Crippen molar-refractivity contribution in [2.45, 2.75) is 20.4 Å². The van der Waals surface area contributed by atoms with E-state index in [0.29, 0.717) is 11.3 Å². The molecule has 0 saturated carbocycles. The molecule has 1 N–H and O–H groups in total. The van der Waals surface area contributed by atoms with E-state index in [1.165, 1.54) is 0 Å². The van der Waals surface area contributed by atoms with E-state index in [1.54, 1.807) is 12.4 Å². The molecule has 0 radical (unpaired) electrons. The monoisotopic (exact) mass is 274 g/mol. The Morgan fingerprint density at radius 1 is 1.26 bits per heavy atom. The molecule has 0 aliphatic carbocycles. The summed E-state index contributed by atoms with van der Waals surface area (Å²) in [4.78, 5) is 11.8. The predicted octanol–water partition coefficient (Wildman–Crippen LogP) is 1.89. The van der Waals surface area contributed by atoms with E-state index < -0.39 is 0 Å². The number of aromatic nitrogens is 6. The van der Waals surface area contributed by atoms with Gasteiger partial charge in [0.1, 0.15) is 5.52 Å². The normalized spacial score (nSPS) is 11.3. The molecule has 0 saturated heterocycles. The van der Waals surface area contributed by atoms with Crippen LogP contribution < -0.4 is 0 Å². The van der Waals surface area contributed by atoms with Gasteiger partial charge in [0.15, 0.2) is 10.4 Å². The van der Waals surface area contributed by atoms with Gasteiger partial charge in [-0.15, -0.1) is 0 Å². The first-order chi connectivity index (χ1) is 9.06. The Balaban J connectivity index is 2.12. The third-order valence-electron chi connectivity index (χ3n) is 3.08. The highest BCUT2D eigenvalue weighted by molar-refractivity contribution is 7.71. The van der Waals surface area contributed by atoms with E-state index in [9.17, 15) is 0 Å². The number of nitrogens with zero attached hydrogens (tertiary/aromatic N) is 5. The molecule has 0 aromatic carbocycles. The average Bonchev–Trinajstić information content (AvgIpc) is 2.82. The SMILES string of the molecule is Cc1cnc(Cn2c(=S)[nH]c3c(C)nn(C)c32)cn1. The van der Waals surface area contributed by atoms with Crippen molar-refractivity contribution in [1.29, 1.82) is 0 Å². The number of aromatic amines is 1. The fraction of sp³-hybridized carbons (Fsp3) is 0.333. The van der Waals surface area contributed by atoms with Gasteiger partial charge in [-0.3, -0.25) is 19.2 Å². The lowest BCUT2D eigenvalue weighted by Gasteiger charge is -2.04. The molecule has 0 aliphatic rings. The van der Waals surface area contributed by atoms with Gasteiger partial charge in [0.25, 0.3) is 0 Å². The standard InChI is InChI=1S/C12H14N6S/c1-7-4-14-9(5-13-7)6-18-11-10(15-12(18)19)8(2)16-17(11)3/h4-5H,6H2,1-3H3,(H,15,19). The molecule has 7 heteroatoms. The van der Waals surface area contributed by atoms with E-state index in [0.717, 1.165) is 28.2 Å². The zero-order chi connectivity index (χ0) is 13.6. The summed E-state index contributed by atoms with van der Waals surface area (Å²) in [5.41, 5.74) is 4.68. The summed E-state index contributed by atoms with van der Waals surface area (Å²) >= 11 is 5.37. The van der Waals surface area contributed by atoms with Crippen LogP contribution in [0.5, 0.6) is 0 Å². The molecular weight excluding hydrogens is 260 g/mol. The van der Waals surface area contributed by atoms with Crippen molar-refractivity contribution in [3.8, 4) is 0 Å². The summed E-state index contributed by atoms with van der Waals surface area (Å²) in [5, 5.41) is 4.39. The van der Waals surface area contributed by atoms with Crippen molar-refractivity contribution in [2.24, 2.45) is 7.05 Å². The maximum atomic E-state index is 5.37. The number of aryl methyl sites for hydroxylation is 3. The van der Waals surface area contributed by atoms with Crippen molar-refractivity contribution in [3.63, 3.8) is 0 Å². The molecule has 3 heterocycles. The highest BCUT2D eigenvalue weighted by Crippen LogP contribution is 2.17. The van der Waals surface area contributed by atoms with Gasteiger partial charge in [0, 0.05) is 13.2 Å². The number of rotatable bonds is 2. The molecule has 0 amide bonds. The zero-order valence-corrected chi connectivity index (χ0v) is 11.8. The second kappa shape index (κ2) is 4.27. The number of fused-ring (bicyclic) bond motifs is 1. The number of imidazole rings is 1. The van der Waals surface area contributed by atoms with Crippen LogP contribution in [0, 0.1) is 18.6 Å². The van der Waals surface area contributed by atoms with E-state index in [1.807, 2.05) is 30.1 Å². The lowest BCUT2D eigenvalue weighted by molar-refractivity contribution is 0.704. The summed E-state index contributed by atoms with van der Waals surface area (Å²) in [5.74, 6) is 0. The zero-order valence-electron chi connectivity index (χ0n) is 11.0. The highest BCUT2D eigenvalue weighted by Gasteiger charge is 2.13. The van der Waals surface area contributed by atoms with Crippen LogP contribution in [-0.2, 0) is 13.6 Å². The maximum absolute atomic E-state index is 5.37. The summed E-state index contributed by atoms with van der Waals surface area (Å²) < 4.78 is 4.50. The molecule has 0 bridgehead atoms. The quantitative estimate of drug-likeness (QED) is 0.725. The minimum absolute atomic E-state index is 0.588. The van der Waals surface area contributed by atoms with Gasteiger partial charge < -0.3 is 4.98 Å². The molecule has 0 spiro atoms. The van der Waals surface area contributed by atoms with Crippen LogP contribution >= 0.6 is 12.2 Å². The first-order valence-corrected chi connectivity index (χ1v) is 6.36. The Hall–Kier alpha value is -2.02. The summed E-state index contributed by atoms with van der Waals surface area (Å²) in [7, 11) is 1.91. The van der Waals surface area contributed by atoms with Crippen molar-refractivity contribution < 1.29 is 0 Å². The summed E-state index contributed by atoms with van der Waals surface area (Å²) in [6, 6.07) is 0. The van der Waals surface area contributed by atoms with E-state index >= 15 is 0 Å². The average molecular weight is 274 g/mol. The topological polar surface area (TPSA) is 64.3 Å². The van der Waals surface area contributed by atoms with Gasteiger partial charge in [-0.05, 0) is 26.1 Å². The van der Waals surface area contributed by atoms with Crippen LogP contribution in [0.1, 0.15) is 17.1 Å². The molecule has 19 heavy (non-hydrogen) atoms. The summed E-state index contributed by atoms with van der Waals surface area (Å²) in [6.45, 7) is 4.47. The van der Waals surface area contributed by atoms with Crippen molar-refractivity contribution in [2.75, 3.05) is 0 Å². The van der Waals surface area contributed by atoms with Crippen LogP contribution in [0.2, 0.25) is 0 Å². The molecule has 6 nitrogen and oxygen atoms in total. The lowest BCUT2D eigenvalue weighted by Crippen LogP contribution is -2.06. The van der Waals surface area contributed by atoms with Gasteiger partial charge in [0.05, 0.1) is 29.8 Å². The molecule has 3 rings (SSSR count). The minimum atomic E-state index is 0.588. The number of nitrogens with one attached hydrogen (secondary N) is 1. The third-order valence-corrected chi connectivity index (χ3v) is 3.40.